The minimum atomic E-state index is -0.822. The van der Waals surface area contributed by atoms with E-state index < -0.39 is 12.1 Å². The Balaban J connectivity index is 1.35. The van der Waals surface area contributed by atoms with E-state index in [2.05, 4.69) is 11.1 Å². The Labute approximate surface area is 167 Å². The molecule has 1 amide bonds. The van der Waals surface area contributed by atoms with E-state index in [1.807, 2.05) is 42.5 Å². The molecule has 4 rings (SSSR count). The third kappa shape index (κ3) is 3.97. The maximum absolute atomic E-state index is 12.6. The van der Waals surface area contributed by atoms with E-state index >= 15 is 0 Å². The van der Waals surface area contributed by atoms with E-state index in [-0.39, 0.29) is 5.91 Å². The van der Waals surface area contributed by atoms with E-state index in [1.165, 1.54) is 23.0 Å². The fraction of sp³-hybridized carbons (Fsp3) is 0.227. The highest BCUT2D eigenvalue weighted by Crippen LogP contribution is 2.22. The fourth-order valence-corrected chi connectivity index (χ4v) is 4.18. The van der Waals surface area contributed by atoms with Crippen LogP contribution < -0.4 is 0 Å². The molecule has 0 aliphatic carbocycles. The number of ether oxygens (including phenoxy) is 1. The summed E-state index contributed by atoms with van der Waals surface area (Å²) in [5.41, 5.74) is 3.32. The first-order valence-electron chi connectivity index (χ1n) is 9.20. The molecule has 6 heteroatoms. The van der Waals surface area contributed by atoms with Crippen LogP contribution in [0.2, 0.25) is 0 Å². The van der Waals surface area contributed by atoms with Gasteiger partial charge in [0.1, 0.15) is 5.01 Å². The number of benzene rings is 2. The van der Waals surface area contributed by atoms with Gasteiger partial charge < -0.3 is 9.64 Å². The number of thiazole rings is 1. The van der Waals surface area contributed by atoms with Crippen molar-refractivity contribution in [1.29, 1.82) is 0 Å². The van der Waals surface area contributed by atoms with E-state index in [4.69, 9.17) is 4.74 Å². The Hall–Kier alpha value is -2.99. The predicted octanol–water partition coefficient (Wildman–Crippen LogP) is 3.83. The summed E-state index contributed by atoms with van der Waals surface area (Å²) in [6.45, 7) is 2.81. The van der Waals surface area contributed by atoms with Gasteiger partial charge >= 0.3 is 5.97 Å². The number of nitrogens with zero attached hydrogens (tertiary/aromatic N) is 2. The summed E-state index contributed by atoms with van der Waals surface area (Å²) >= 11 is 1.50. The Morgan fingerprint density at radius 3 is 2.71 bits per heavy atom. The van der Waals surface area contributed by atoms with Crippen LogP contribution >= 0.6 is 11.3 Å². The van der Waals surface area contributed by atoms with Gasteiger partial charge in [-0.15, -0.1) is 11.3 Å². The molecule has 28 heavy (non-hydrogen) atoms. The quantitative estimate of drug-likeness (QED) is 0.500. The molecule has 0 fully saturated rings. The molecule has 1 atom stereocenters. The lowest BCUT2D eigenvalue weighted by Gasteiger charge is -2.30. The molecule has 0 radical (unpaired) electrons. The number of carbonyl (C=O) groups excluding carboxylic acids is 2. The minimum absolute atomic E-state index is 0.170. The predicted molar refractivity (Wildman–Crippen MR) is 110 cm³/mol. The average Bonchev–Trinajstić information content (AvgIpc) is 3.14. The molecule has 0 N–H and O–H groups in total. The Bertz CT molecular complexity index is 1020. The first-order chi connectivity index (χ1) is 13.6. The van der Waals surface area contributed by atoms with Crippen molar-refractivity contribution in [1.82, 2.24) is 9.88 Å². The SMILES string of the molecule is C[C@H](OC(=O)/C=C/c1nc2ccccc2s1)C(=O)N1CCc2ccccc2C1. The molecule has 5 nitrogen and oxygen atoms in total. The van der Waals surface area contributed by atoms with Gasteiger partial charge in [0.2, 0.25) is 0 Å². The maximum Gasteiger partial charge on any atom is 0.331 e. The van der Waals surface area contributed by atoms with E-state index in [1.54, 1.807) is 17.9 Å². The van der Waals surface area contributed by atoms with Gasteiger partial charge in [-0.25, -0.2) is 9.78 Å². The smallest absolute Gasteiger partial charge is 0.331 e. The van der Waals surface area contributed by atoms with Gasteiger partial charge in [0, 0.05) is 19.2 Å². The van der Waals surface area contributed by atoms with Gasteiger partial charge in [-0.1, -0.05) is 36.4 Å². The highest BCUT2D eigenvalue weighted by atomic mass is 32.1. The van der Waals surface area contributed by atoms with Crippen molar-refractivity contribution in [3.05, 3.63) is 70.7 Å². The zero-order chi connectivity index (χ0) is 19.5. The van der Waals surface area contributed by atoms with Gasteiger partial charge in [-0.05, 0) is 42.7 Å². The standard InChI is InChI=1S/C22H20N2O3S/c1-15(22(26)24-13-12-16-6-2-3-7-17(16)14-24)27-21(25)11-10-20-23-18-8-4-5-9-19(18)28-20/h2-11,15H,12-14H2,1H3/b11-10+/t15-/m0/s1. The summed E-state index contributed by atoms with van der Waals surface area (Å²) in [6, 6.07) is 15.9. The molecule has 2 heterocycles. The van der Waals surface area contributed by atoms with Crippen LogP contribution in [0.1, 0.15) is 23.1 Å². The molecular weight excluding hydrogens is 372 g/mol. The maximum atomic E-state index is 12.6. The lowest BCUT2D eigenvalue weighted by Crippen LogP contribution is -2.42. The van der Waals surface area contributed by atoms with Gasteiger partial charge in [0.25, 0.3) is 5.91 Å². The highest BCUT2D eigenvalue weighted by molar-refractivity contribution is 7.19. The molecule has 0 unspecified atom stereocenters. The molecule has 1 aliphatic heterocycles. The third-order valence-corrected chi connectivity index (χ3v) is 5.76. The number of amides is 1. The zero-order valence-electron chi connectivity index (χ0n) is 15.5. The molecule has 1 aromatic heterocycles. The fourth-order valence-electron chi connectivity index (χ4n) is 3.31. The van der Waals surface area contributed by atoms with Gasteiger partial charge in [-0.2, -0.15) is 0 Å². The molecule has 3 aromatic rings. The molecule has 142 valence electrons. The number of hydrogen-bond donors (Lipinski definition) is 0. The van der Waals surface area contributed by atoms with Crippen molar-refractivity contribution in [2.45, 2.75) is 26.0 Å². The van der Waals surface area contributed by atoms with Crippen molar-refractivity contribution >= 4 is 39.5 Å². The third-order valence-electron chi connectivity index (χ3n) is 4.76. The van der Waals surface area contributed by atoms with Gasteiger partial charge in [0.05, 0.1) is 10.2 Å². The summed E-state index contributed by atoms with van der Waals surface area (Å²) in [6.07, 6.45) is 2.95. The van der Waals surface area contributed by atoms with Crippen LogP contribution in [0.15, 0.2) is 54.6 Å². The second-order valence-corrected chi connectivity index (χ2v) is 7.77. The molecule has 0 bridgehead atoms. The molecule has 0 spiro atoms. The number of fused-ring (bicyclic) bond motifs is 2. The molecule has 1 aliphatic rings. The summed E-state index contributed by atoms with van der Waals surface area (Å²) in [7, 11) is 0. The number of rotatable bonds is 4. The van der Waals surface area contributed by atoms with E-state index in [9.17, 15) is 9.59 Å². The molecule has 0 saturated carbocycles. The number of esters is 1. The number of aromatic nitrogens is 1. The summed E-state index contributed by atoms with van der Waals surface area (Å²) < 4.78 is 6.37. The Kier molecular flexibility index (Phi) is 5.21. The number of carbonyl (C=O) groups is 2. The second-order valence-electron chi connectivity index (χ2n) is 6.71. The second kappa shape index (κ2) is 7.94. The number of hydrogen-bond acceptors (Lipinski definition) is 5. The van der Waals surface area contributed by atoms with Crippen LogP contribution in [0.25, 0.3) is 16.3 Å². The summed E-state index contributed by atoms with van der Waals surface area (Å²) in [5, 5.41) is 0.727. The topological polar surface area (TPSA) is 59.5 Å². The van der Waals surface area contributed by atoms with Gasteiger partial charge in [0.15, 0.2) is 6.10 Å². The first kappa shape index (κ1) is 18.4. The monoisotopic (exact) mass is 392 g/mol. The lowest BCUT2D eigenvalue weighted by molar-refractivity contribution is -0.155. The van der Waals surface area contributed by atoms with Crippen molar-refractivity contribution in [3.63, 3.8) is 0 Å². The zero-order valence-corrected chi connectivity index (χ0v) is 16.3. The average molecular weight is 392 g/mol. The first-order valence-corrected chi connectivity index (χ1v) is 10.0. The Morgan fingerprint density at radius 2 is 1.89 bits per heavy atom. The van der Waals surface area contributed by atoms with Crippen molar-refractivity contribution in [3.8, 4) is 0 Å². The van der Waals surface area contributed by atoms with Gasteiger partial charge in [-0.3, -0.25) is 4.79 Å². The molecular formula is C22H20N2O3S. The molecule has 0 saturated heterocycles. The van der Waals surface area contributed by atoms with Crippen LogP contribution in [0.5, 0.6) is 0 Å². The molecule has 2 aromatic carbocycles. The van der Waals surface area contributed by atoms with Crippen LogP contribution in [-0.2, 0) is 27.3 Å². The normalized spacial score (nSPS) is 14.8. The highest BCUT2D eigenvalue weighted by Gasteiger charge is 2.26. The van der Waals surface area contributed by atoms with E-state index in [0.717, 1.165) is 27.2 Å². The van der Waals surface area contributed by atoms with Crippen LogP contribution in [0, 0.1) is 0 Å². The Morgan fingerprint density at radius 1 is 1.14 bits per heavy atom. The summed E-state index contributed by atoms with van der Waals surface area (Å²) in [4.78, 5) is 31.0. The summed E-state index contributed by atoms with van der Waals surface area (Å²) in [5.74, 6) is -0.714. The largest absolute Gasteiger partial charge is 0.449 e. The lowest BCUT2D eigenvalue weighted by atomic mass is 9.99. The minimum Gasteiger partial charge on any atom is -0.449 e. The van der Waals surface area contributed by atoms with E-state index in [0.29, 0.717) is 13.1 Å². The number of para-hydroxylation sites is 1. The van der Waals surface area contributed by atoms with Crippen molar-refractivity contribution in [2.75, 3.05) is 6.54 Å². The van der Waals surface area contributed by atoms with Crippen LogP contribution in [0.3, 0.4) is 0 Å². The van der Waals surface area contributed by atoms with Crippen molar-refractivity contribution in [2.24, 2.45) is 0 Å². The van der Waals surface area contributed by atoms with Crippen LogP contribution in [0.4, 0.5) is 0 Å². The van der Waals surface area contributed by atoms with Crippen LogP contribution in [-0.4, -0.2) is 34.4 Å². The van der Waals surface area contributed by atoms with Crippen molar-refractivity contribution < 1.29 is 14.3 Å².